The smallest absolute Gasteiger partial charge is 0.161 e. The molecular weight excluding hydrogens is 234 g/mol. The van der Waals surface area contributed by atoms with E-state index in [-0.39, 0.29) is 0 Å². The van der Waals surface area contributed by atoms with Crippen molar-refractivity contribution in [3.63, 3.8) is 0 Å². The summed E-state index contributed by atoms with van der Waals surface area (Å²) in [5.41, 5.74) is 1.92. The molecule has 0 aliphatic carbocycles. The lowest BCUT2D eigenvalue weighted by Crippen LogP contribution is -2.00. The highest BCUT2D eigenvalue weighted by Gasteiger charge is 2.07. The summed E-state index contributed by atoms with van der Waals surface area (Å²) in [6, 6.07) is 5.59. The zero-order chi connectivity index (χ0) is 12.3. The van der Waals surface area contributed by atoms with Gasteiger partial charge < -0.3 is 0 Å². The highest BCUT2D eigenvalue weighted by molar-refractivity contribution is 6.29. The van der Waals surface area contributed by atoms with Crippen LogP contribution in [0.4, 0.5) is 0 Å². The van der Waals surface area contributed by atoms with Gasteiger partial charge in [-0.25, -0.2) is 9.97 Å². The summed E-state index contributed by atoms with van der Waals surface area (Å²) in [6.45, 7) is 4.31. The lowest BCUT2D eigenvalue weighted by Gasteiger charge is -2.07. The van der Waals surface area contributed by atoms with Crippen LogP contribution in [0, 0.1) is 5.92 Å². The second-order valence-electron chi connectivity index (χ2n) is 4.34. The highest BCUT2D eigenvalue weighted by Crippen LogP contribution is 2.18. The van der Waals surface area contributed by atoms with E-state index in [1.54, 1.807) is 12.4 Å². The molecule has 3 nitrogen and oxygen atoms in total. The number of rotatable bonds is 3. The van der Waals surface area contributed by atoms with E-state index in [4.69, 9.17) is 11.6 Å². The molecular formula is C13H14ClN3. The van der Waals surface area contributed by atoms with Crippen LogP contribution in [0.3, 0.4) is 0 Å². The van der Waals surface area contributed by atoms with E-state index in [2.05, 4.69) is 28.8 Å². The second-order valence-corrected chi connectivity index (χ2v) is 4.73. The predicted molar refractivity (Wildman–Crippen MR) is 68.8 cm³/mol. The van der Waals surface area contributed by atoms with E-state index in [9.17, 15) is 0 Å². The SMILES string of the molecule is CC(C)Cc1cc(Cl)nc(-c2ccncc2)n1. The van der Waals surface area contributed by atoms with Crippen molar-refractivity contribution in [2.24, 2.45) is 5.92 Å². The number of pyridine rings is 1. The van der Waals surface area contributed by atoms with Crippen LogP contribution in [-0.4, -0.2) is 15.0 Å². The fourth-order valence-corrected chi connectivity index (χ4v) is 1.82. The van der Waals surface area contributed by atoms with Crippen LogP contribution in [0.1, 0.15) is 19.5 Å². The van der Waals surface area contributed by atoms with Gasteiger partial charge in [-0.3, -0.25) is 4.98 Å². The second kappa shape index (κ2) is 5.23. The Kier molecular flexibility index (Phi) is 3.69. The van der Waals surface area contributed by atoms with E-state index in [1.165, 1.54) is 0 Å². The van der Waals surface area contributed by atoms with Crippen LogP contribution in [0.2, 0.25) is 5.15 Å². The van der Waals surface area contributed by atoms with Gasteiger partial charge in [-0.15, -0.1) is 0 Å². The summed E-state index contributed by atoms with van der Waals surface area (Å²) in [5.74, 6) is 1.21. The standard InChI is InChI=1S/C13H14ClN3/c1-9(2)7-11-8-12(14)17-13(16-11)10-3-5-15-6-4-10/h3-6,8-9H,7H2,1-2H3. The average molecular weight is 248 g/mol. The largest absolute Gasteiger partial charge is 0.265 e. The molecule has 0 amide bonds. The molecule has 0 aromatic carbocycles. The molecule has 2 aromatic heterocycles. The van der Waals surface area contributed by atoms with Crippen LogP contribution in [0.5, 0.6) is 0 Å². The van der Waals surface area contributed by atoms with Crippen molar-refractivity contribution in [3.05, 3.63) is 41.4 Å². The number of aromatic nitrogens is 3. The van der Waals surface area contributed by atoms with E-state index >= 15 is 0 Å². The zero-order valence-corrected chi connectivity index (χ0v) is 10.6. The molecule has 2 aromatic rings. The number of hydrogen-bond donors (Lipinski definition) is 0. The Bertz CT molecular complexity index is 497. The molecule has 0 aliphatic rings. The molecule has 0 N–H and O–H groups in total. The van der Waals surface area contributed by atoms with Crippen molar-refractivity contribution >= 4 is 11.6 Å². The molecule has 0 atom stereocenters. The third kappa shape index (κ3) is 3.24. The van der Waals surface area contributed by atoms with Gasteiger partial charge >= 0.3 is 0 Å². The van der Waals surface area contributed by atoms with E-state index in [0.717, 1.165) is 17.7 Å². The first-order valence-corrected chi connectivity index (χ1v) is 5.97. The van der Waals surface area contributed by atoms with E-state index in [1.807, 2.05) is 18.2 Å². The fourth-order valence-electron chi connectivity index (χ4n) is 1.62. The van der Waals surface area contributed by atoms with Gasteiger partial charge in [-0.1, -0.05) is 25.4 Å². The lowest BCUT2D eigenvalue weighted by molar-refractivity contribution is 0.634. The van der Waals surface area contributed by atoms with Gasteiger partial charge in [-0.05, 0) is 30.5 Å². The van der Waals surface area contributed by atoms with Crippen molar-refractivity contribution in [2.45, 2.75) is 20.3 Å². The summed E-state index contributed by atoms with van der Waals surface area (Å²) in [5, 5.41) is 0.488. The molecule has 0 saturated carbocycles. The van der Waals surface area contributed by atoms with Gasteiger partial charge in [0.15, 0.2) is 5.82 Å². The van der Waals surface area contributed by atoms with Gasteiger partial charge in [-0.2, -0.15) is 0 Å². The van der Waals surface area contributed by atoms with Gasteiger partial charge in [0.1, 0.15) is 5.15 Å². The summed E-state index contributed by atoms with van der Waals surface area (Å²) < 4.78 is 0. The van der Waals surface area contributed by atoms with E-state index < -0.39 is 0 Å². The minimum atomic E-state index is 0.488. The maximum absolute atomic E-state index is 6.02. The van der Waals surface area contributed by atoms with Gasteiger partial charge in [0.2, 0.25) is 0 Å². The number of halogens is 1. The lowest BCUT2D eigenvalue weighted by atomic mass is 10.1. The molecule has 0 radical (unpaired) electrons. The molecule has 0 bridgehead atoms. The van der Waals surface area contributed by atoms with Crippen molar-refractivity contribution in [1.82, 2.24) is 15.0 Å². The number of hydrogen-bond acceptors (Lipinski definition) is 3. The first-order chi connectivity index (χ1) is 8.15. The third-order valence-electron chi connectivity index (χ3n) is 2.30. The van der Waals surface area contributed by atoms with Crippen molar-refractivity contribution in [1.29, 1.82) is 0 Å². The Labute approximate surface area is 106 Å². The Morgan fingerprint density at radius 1 is 1.18 bits per heavy atom. The molecule has 17 heavy (non-hydrogen) atoms. The normalized spacial score (nSPS) is 10.8. The van der Waals surface area contributed by atoms with Crippen LogP contribution < -0.4 is 0 Å². The molecule has 88 valence electrons. The van der Waals surface area contributed by atoms with Gasteiger partial charge in [0.25, 0.3) is 0 Å². The van der Waals surface area contributed by atoms with Crippen molar-refractivity contribution in [3.8, 4) is 11.4 Å². The molecule has 0 fully saturated rings. The fraction of sp³-hybridized carbons (Fsp3) is 0.308. The number of nitrogens with zero attached hydrogens (tertiary/aromatic N) is 3. The third-order valence-corrected chi connectivity index (χ3v) is 2.50. The van der Waals surface area contributed by atoms with Crippen LogP contribution >= 0.6 is 11.6 Å². The first-order valence-electron chi connectivity index (χ1n) is 5.59. The first kappa shape index (κ1) is 12.0. The minimum Gasteiger partial charge on any atom is -0.265 e. The molecule has 0 saturated heterocycles. The molecule has 4 heteroatoms. The topological polar surface area (TPSA) is 38.7 Å². The average Bonchev–Trinajstić information content (AvgIpc) is 2.28. The summed E-state index contributed by atoms with van der Waals surface area (Å²) >= 11 is 6.02. The van der Waals surface area contributed by atoms with Crippen LogP contribution in [0.25, 0.3) is 11.4 Å². The minimum absolute atomic E-state index is 0.488. The molecule has 2 heterocycles. The zero-order valence-electron chi connectivity index (χ0n) is 9.89. The van der Waals surface area contributed by atoms with Crippen molar-refractivity contribution < 1.29 is 0 Å². The maximum Gasteiger partial charge on any atom is 0.161 e. The van der Waals surface area contributed by atoms with E-state index in [0.29, 0.717) is 16.9 Å². The Hall–Kier alpha value is -1.48. The van der Waals surface area contributed by atoms with Crippen LogP contribution in [-0.2, 0) is 6.42 Å². The van der Waals surface area contributed by atoms with Crippen LogP contribution in [0.15, 0.2) is 30.6 Å². The highest BCUT2D eigenvalue weighted by atomic mass is 35.5. The molecule has 0 spiro atoms. The van der Waals surface area contributed by atoms with Gasteiger partial charge in [0.05, 0.1) is 0 Å². The summed E-state index contributed by atoms with van der Waals surface area (Å²) in [6.07, 6.45) is 4.35. The molecule has 0 unspecified atom stereocenters. The maximum atomic E-state index is 6.02. The predicted octanol–water partition coefficient (Wildman–Crippen LogP) is 3.39. The summed E-state index contributed by atoms with van der Waals surface area (Å²) in [4.78, 5) is 12.7. The Morgan fingerprint density at radius 2 is 1.88 bits per heavy atom. The molecule has 2 rings (SSSR count). The Balaban J connectivity index is 2.38. The Morgan fingerprint density at radius 3 is 2.53 bits per heavy atom. The monoisotopic (exact) mass is 247 g/mol. The quantitative estimate of drug-likeness (QED) is 0.781. The molecule has 0 aliphatic heterocycles. The summed E-state index contributed by atoms with van der Waals surface area (Å²) in [7, 11) is 0. The van der Waals surface area contributed by atoms with Gasteiger partial charge in [0, 0.05) is 23.7 Å². The van der Waals surface area contributed by atoms with Crippen molar-refractivity contribution in [2.75, 3.05) is 0 Å².